The summed E-state index contributed by atoms with van der Waals surface area (Å²) in [5, 5.41) is 8.99. The second-order valence-corrected chi connectivity index (χ2v) is 9.62. The third kappa shape index (κ3) is 4.19. The van der Waals surface area contributed by atoms with Gasteiger partial charge in [-0.25, -0.2) is 9.59 Å². The number of nitrogens with one attached hydrogen (secondary N) is 2. The van der Waals surface area contributed by atoms with Crippen LogP contribution >= 0.6 is 22.7 Å². The first-order valence-corrected chi connectivity index (χ1v) is 12.2. The van der Waals surface area contributed by atoms with Crippen LogP contribution in [0.1, 0.15) is 49.1 Å². The summed E-state index contributed by atoms with van der Waals surface area (Å²) in [6.07, 6.45) is -0.196. The Labute approximate surface area is 198 Å². The van der Waals surface area contributed by atoms with Crippen molar-refractivity contribution >= 4 is 45.6 Å². The van der Waals surface area contributed by atoms with Crippen molar-refractivity contribution in [2.45, 2.75) is 26.1 Å². The van der Waals surface area contributed by atoms with Crippen LogP contribution in [0.25, 0.3) is 0 Å². The number of nitrogens with zero attached hydrogens (tertiary/aromatic N) is 1. The number of esters is 1. The molecule has 33 heavy (non-hydrogen) atoms. The van der Waals surface area contributed by atoms with Crippen molar-refractivity contribution in [3.63, 3.8) is 0 Å². The highest BCUT2D eigenvalue weighted by molar-refractivity contribution is 7.16. The molecule has 4 heterocycles. The van der Waals surface area contributed by atoms with Crippen molar-refractivity contribution in [1.29, 1.82) is 0 Å². The van der Waals surface area contributed by atoms with Gasteiger partial charge in [0.2, 0.25) is 0 Å². The van der Waals surface area contributed by atoms with Crippen molar-refractivity contribution in [2.75, 3.05) is 18.5 Å². The monoisotopic (exact) mass is 483 g/mol. The van der Waals surface area contributed by atoms with E-state index in [0.29, 0.717) is 42.3 Å². The van der Waals surface area contributed by atoms with E-state index < -0.39 is 12.1 Å². The topological polar surface area (TPSA) is 97.0 Å². The van der Waals surface area contributed by atoms with E-state index in [4.69, 9.17) is 9.47 Å². The van der Waals surface area contributed by atoms with Gasteiger partial charge in [0, 0.05) is 11.4 Å². The maximum atomic E-state index is 13.0. The van der Waals surface area contributed by atoms with Gasteiger partial charge in [-0.15, -0.1) is 22.7 Å². The van der Waals surface area contributed by atoms with E-state index in [-0.39, 0.29) is 12.0 Å². The van der Waals surface area contributed by atoms with Gasteiger partial charge in [0.15, 0.2) is 0 Å². The second-order valence-electron chi connectivity index (χ2n) is 7.57. The van der Waals surface area contributed by atoms with Gasteiger partial charge in [-0.2, -0.15) is 0 Å². The molecule has 3 aromatic rings. The van der Waals surface area contributed by atoms with Crippen LogP contribution in [-0.4, -0.2) is 36.0 Å². The second kappa shape index (κ2) is 8.87. The number of hydrogen-bond donors (Lipinski definition) is 2. The average Bonchev–Trinajstić information content (AvgIpc) is 3.47. The molecule has 2 aliphatic rings. The van der Waals surface area contributed by atoms with E-state index in [9.17, 15) is 14.4 Å². The lowest BCUT2D eigenvalue weighted by atomic mass is 10.0. The van der Waals surface area contributed by atoms with Gasteiger partial charge in [-0.3, -0.25) is 4.79 Å². The Bertz CT molecular complexity index is 1220. The zero-order chi connectivity index (χ0) is 22.9. The molecular formula is C23H21N3O5S2. The van der Waals surface area contributed by atoms with Crippen LogP contribution < -0.4 is 15.4 Å². The molecule has 5 rings (SSSR count). The number of carbonyl (C=O) groups excluding carboxylic acids is 3. The van der Waals surface area contributed by atoms with E-state index in [1.165, 1.54) is 22.7 Å². The number of hydrogen-bond acceptors (Lipinski definition) is 8. The minimum atomic E-state index is -0.466. The van der Waals surface area contributed by atoms with Gasteiger partial charge in [0.05, 0.1) is 18.7 Å². The highest BCUT2D eigenvalue weighted by atomic mass is 32.1. The first-order chi connectivity index (χ1) is 16.0. The van der Waals surface area contributed by atoms with Gasteiger partial charge in [-0.05, 0) is 48.1 Å². The molecule has 0 saturated heterocycles. The zero-order valence-electron chi connectivity index (χ0n) is 17.8. The van der Waals surface area contributed by atoms with Gasteiger partial charge >= 0.3 is 12.1 Å². The van der Waals surface area contributed by atoms with Crippen LogP contribution in [0.4, 0.5) is 9.80 Å². The van der Waals surface area contributed by atoms with Crippen molar-refractivity contribution in [2.24, 2.45) is 0 Å². The molecule has 0 radical (unpaired) electrons. The van der Waals surface area contributed by atoms with Gasteiger partial charge in [0.1, 0.15) is 21.8 Å². The predicted molar refractivity (Wildman–Crippen MR) is 125 cm³/mol. The fourth-order valence-corrected chi connectivity index (χ4v) is 5.85. The lowest BCUT2D eigenvalue weighted by molar-refractivity contribution is 0.0738. The summed E-state index contributed by atoms with van der Waals surface area (Å²) in [7, 11) is 0. The molecule has 0 bridgehead atoms. The zero-order valence-corrected chi connectivity index (χ0v) is 19.4. The van der Waals surface area contributed by atoms with E-state index in [1.807, 2.05) is 11.4 Å². The quantitative estimate of drug-likeness (QED) is 0.422. The molecular weight excluding hydrogens is 462 g/mol. The molecule has 8 nitrogen and oxygen atoms in total. The molecule has 170 valence electrons. The van der Waals surface area contributed by atoms with Crippen molar-refractivity contribution in [1.82, 2.24) is 10.2 Å². The molecule has 2 N–H and O–H groups in total. The summed E-state index contributed by atoms with van der Waals surface area (Å²) in [6.45, 7) is 3.06. The van der Waals surface area contributed by atoms with Gasteiger partial charge in [-0.1, -0.05) is 18.2 Å². The number of thiophene rings is 2. The Hall–Kier alpha value is -3.37. The van der Waals surface area contributed by atoms with Crippen LogP contribution in [-0.2, 0) is 17.7 Å². The molecule has 0 spiro atoms. The normalized spacial score (nSPS) is 16.8. The van der Waals surface area contributed by atoms with Crippen molar-refractivity contribution in [3.8, 4) is 5.75 Å². The molecule has 2 amide bonds. The minimum absolute atomic E-state index is 0.156. The maximum absolute atomic E-state index is 13.0. The number of benzene rings is 1. The van der Waals surface area contributed by atoms with E-state index in [2.05, 4.69) is 10.6 Å². The smallest absolute Gasteiger partial charge is 0.410 e. The molecule has 1 atom stereocenters. The van der Waals surface area contributed by atoms with Crippen LogP contribution in [0.2, 0.25) is 0 Å². The Morgan fingerprint density at radius 2 is 2.09 bits per heavy atom. The number of amides is 2. The number of fused-ring (bicyclic) bond motifs is 3. The number of carbonyl (C=O) groups is 3. The molecule has 0 fully saturated rings. The number of rotatable bonds is 4. The summed E-state index contributed by atoms with van der Waals surface area (Å²) in [5.41, 5.74) is 2.40. The molecule has 0 saturated carbocycles. The minimum Gasteiger partial charge on any atom is -0.450 e. The number of ether oxygens (including phenoxy) is 2. The van der Waals surface area contributed by atoms with E-state index in [1.54, 1.807) is 42.2 Å². The SMILES string of the molecule is CCOC(=O)N1CCc2c(sc3c2C(=O)N[C@H](c2cccc(OC(=O)c4cccs4)c2)N3)C1. The Kier molecular flexibility index (Phi) is 5.77. The van der Waals surface area contributed by atoms with E-state index >= 15 is 0 Å². The fraction of sp³-hybridized carbons (Fsp3) is 0.261. The predicted octanol–water partition coefficient (Wildman–Crippen LogP) is 4.40. The van der Waals surface area contributed by atoms with Crippen LogP contribution in [0, 0.1) is 0 Å². The fourth-order valence-electron chi connectivity index (χ4n) is 3.96. The molecule has 0 aliphatic carbocycles. The molecule has 0 unspecified atom stereocenters. The molecule has 2 aliphatic heterocycles. The maximum Gasteiger partial charge on any atom is 0.410 e. The lowest BCUT2D eigenvalue weighted by Crippen LogP contribution is -2.39. The van der Waals surface area contributed by atoms with Crippen molar-refractivity contribution < 1.29 is 23.9 Å². The Balaban J connectivity index is 1.34. The lowest BCUT2D eigenvalue weighted by Gasteiger charge is -2.28. The average molecular weight is 484 g/mol. The third-order valence-electron chi connectivity index (χ3n) is 5.49. The molecule has 1 aromatic carbocycles. The summed E-state index contributed by atoms with van der Waals surface area (Å²) >= 11 is 2.80. The van der Waals surface area contributed by atoms with E-state index in [0.717, 1.165) is 21.0 Å². The van der Waals surface area contributed by atoms with Gasteiger partial charge < -0.3 is 25.0 Å². The Morgan fingerprint density at radius 3 is 2.88 bits per heavy atom. The first-order valence-electron chi connectivity index (χ1n) is 10.5. The summed E-state index contributed by atoms with van der Waals surface area (Å²) < 4.78 is 10.6. The molecule has 2 aromatic heterocycles. The van der Waals surface area contributed by atoms with Crippen molar-refractivity contribution in [3.05, 3.63) is 68.2 Å². The highest BCUT2D eigenvalue weighted by Gasteiger charge is 2.34. The largest absolute Gasteiger partial charge is 0.450 e. The van der Waals surface area contributed by atoms with Gasteiger partial charge in [0.25, 0.3) is 5.91 Å². The number of anilines is 1. The Morgan fingerprint density at radius 1 is 1.21 bits per heavy atom. The molecule has 10 heteroatoms. The highest BCUT2D eigenvalue weighted by Crippen LogP contribution is 2.41. The third-order valence-corrected chi connectivity index (χ3v) is 7.48. The summed E-state index contributed by atoms with van der Waals surface area (Å²) in [4.78, 5) is 40.6. The first kappa shape index (κ1) is 21.5. The summed E-state index contributed by atoms with van der Waals surface area (Å²) in [5.74, 6) is -0.165. The van der Waals surface area contributed by atoms with Crippen LogP contribution in [0.5, 0.6) is 5.75 Å². The summed E-state index contributed by atoms with van der Waals surface area (Å²) in [6, 6.07) is 10.6. The van der Waals surface area contributed by atoms with Crippen LogP contribution in [0.3, 0.4) is 0 Å². The van der Waals surface area contributed by atoms with Crippen LogP contribution in [0.15, 0.2) is 41.8 Å². The standard InChI is InChI=1S/C23H21N3O5S2/c1-2-30-23(29)26-9-8-15-17(12-26)33-21-18(15)20(27)24-19(25-21)13-5-3-6-14(11-13)31-22(28)16-7-4-10-32-16/h3-7,10-11,19,25H,2,8-9,12H2,1H3,(H,24,27)/t19-/m0/s1.